The molecule has 1 aliphatic rings. The van der Waals surface area contributed by atoms with E-state index >= 15 is 0 Å². The standard InChI is InChI=1S/C29H53N3O5.C26H51N5.C25H45N5O5.C24H51NO4/c1-20(2)25(33)15-30(11-13-31(16-26(34)21(3)4)17-27(35)22(5)6)12-14-32(18-28(36)23(7)8)19-29(37)24(9)10;1-19(2)11-15-30(16-12-20(3)4)25-27-24(23(9)10)28-26(29-25)31(17-13-21(5)6)18-14-22(7)8;1-16(2)26-11-22(32)28(18(5)6)13-24(34)30(20(9)10)15-25(35)29(19(7)8)14-23(33)27(17(3)4)12-21(26)31;1-18(2)11-13-25(15-24(29-22(9)10)17-27-20(5)6)14-12-23(28-21(7)8)16-26-19(3)4/h20-24H,11-19H2,1-10H3;19-23H,11-18H2,1-10H3;16-20H,11-15H2,1-10H3;18-24H,11-17H2,1-10H3. The topological polar surface area (TPSA) is 282 Å². The van der Waals surface area contributed by atoms with Crippen LogP contribution < -0.4 is 9.80 Å². The molecule has 0 N–H and O–H groups in total. The fourth-order valence-electron chi connectivity index (χ4n) is 13.5. The molecule has 132 heavy (non-hydrogen) atoms. The van der Waals surface area contributed by atoms with Crippen LogP contribution >= 0.6 is 0 Å². The lowest BCUT2D eigenvalue weighted by Crippen LogP contribution is -2.54. The van der Waals surface area contributed by atoms with Gasteiger partial charge in [0.15, 0.2) is 0 Å². The Morgan fingerprint density at radius 3 is 0.727 bits per heavy atom. The van der Waals surface area contributed by atoms with Crippen LogP contribution in [0.4, 0.5) is 11.9 Å². The first-order valence-electron chi connectivity index (χ1n) is 50.9. The third-order valence-electron chi connectivity index (χ3n) is 22.9. The molecule has 1 aromatic heterocycles. The Bertz CT molecular complexity index is 3080. The number of carbonyl (C=O) groups excluding carboxylic acids is 10. The molecule has 0 aliphatic carbocycles. The Balaban J connectivity index is 0. The van der Waals surface area contributed by atoms with Crippen molar-refractivity contribution in [1.82, 2.24) is 59.1 Å². The number of amides is 5. The van der Waals surface area contributed by atoms with Crippen LogP contribution in [0.1, 0.15) is 327 Å². The largest absolute Gasteiger partial charge is 0.376 e. The number of carbonyl (C=O) groups is 10. The molecule has 2 rings (SSSR count). The van der Waals surface area contributed by atoms with Crippen molar-refractivity contribution in [2.75, 3.05) is 160 Å². The van der Waals surface area contributed by atoms with Gasteiger partial charge in [-0.3, -0.25) is 62.6 Å². The number of Topliss-reactive ketones (excluding diaryl/α,β-unsaturated/α-hetero) is 5. The molecule has 2 atom stereocenters. The molecule has 0 saturated carbocycles. The molecule has 770 valence electrons. The maximum atomic E-state index is 13.3. The van der Waals surface area contributed by atoms with Crippen molar-refractivity contribution < 1.29 is 66.9 Å². The first kappa shape index (κ1) is 128. The summed E-state index contributed by atoms with van der Waals surface area (Å²) in [6.45, 7) is 90.8. The van der Waals surface area contributed by atoms with E-state index < -0.39 is 0 Å². The second kappa shape index (κ2) is 68.1. The van der Waals surface area contributed by atoms with Crippen molar-refractivity contribution >= 4 is 70.3 Å². The van der Waals surface area contributed by atoms with Gasteiger partial charge in [-0.15, -0.1) is 0 Å². The van der Waals surface area contributed by atoms with Crippen LogP contribution in [0.25, 0.3) is 0 Å². The first-order chi connectivity index (χ1) is 61.1. The lowest BCUT2D eigenvalue weighted by molar-refractivity contribution is -0.148. The van der Waals surface area contributed by atoms with Gasteiger partial charge in [-0.05, 0) is 199 Å². The van der Waals surface area contributed by atoms with Gasteiger partial charge in [0.1, 0.15) is 67.5 Å². The van der Waals surface area contributed by atoms with E-state index in [-0.39, 0.29) is 226 Å². The molecule has 1 fully saturated rings. The van der Waals surface area contributed by atoms with Gasteiger partial charge in [-0.1, -0.05) is 152 Å². The number of ether oxygens (including phenoxy) is 4. The van der Waals surface area contributed by atoms with Crippen LogP contribution in [0.2, 0.25) is 0 Å². The second-order valence-corrected chi connectivity index (χ2v) is 43.2. The van der Waals surface area contributed by atoms with Crippen LogP contribution in [-0.4, -0.2) is 335 Å². The quantitative estimate of drug-likeness (QED) is 0.0585. The van der Waals surface area contributed by atoms with Gasteiger partial charge in [0.25, 0.3) is 0 Å². The summed E-state index contributed by atoms with van der Waals surface area (Å²) in [5, 5.41) is 0. The molecule has 0 spiro atoms. The van der Waals surface area contributed by atoms with E-state index in [1.54, 1.807) is 0 Å². The fourth-order valence-corrected chi connectivity index (χ4v) is 13.5. The van der Waals surface area contributed by atoms with E-state index in [0.717, 1.165) is 95.6 Å². The van der Waals surface area contributed by atoms with Gasteiger partial charge >= 0.3 is 0 Å². The Morgan fingerprint density at radius 2 is 0.500 bits per heavy atom. The number of ketones is 5. The predicted molar refractivity (Wildman–Crippen MR) is 542 cm³/mol. The highest BCUT2D eigenvalue weighted by Gasteiger charge is 2.36. The van der Waals surface area contributed by atoms with E-state index in [9.17, 15) is 47.9 Å². The molecule has 1 aromatic rings. The zero-order valence-electron chi connectivity index (χ0n) is 91.7. The summed E-state index contributed by atoms with van der Waals surface area (Å²) in [5.41, 5.74) is 0. The van der Waals surface area contributed by atoms with Gasteiger partial charge in [-0.2, -0.15) is 15.0 Å². The molecule has 0 aromatic carbocycles. The molecule has 1 saturated heterocycles. The maximum Gasteiger partial charge on any atom is 0.242 e. The summed E-state index contributed by atoms with van der Waals surface area (Å²) in [6, 6.07) is -1.40. The molecule has 2 heterocycles. The zero-order chi connectivity index (χ0) is 102. The van der Waals surface area contributed by atoms with Crippen LogP contribution in [-0.2, 0) is 66.9 Å². The SMILES string of the molecule is CC(C)C(=O)CN(CCN(CC(=O)C(C)C)CC(=O)C(C)C)CCN(CC(=O)C(C)C)CC(=O)C(C)C.CC(C)CCN(CCC(C)C)c1nc(C(C)C)nc(N(CCC(C)C)CCC(C)C)n1.CC(C)CCN(CCC(COC(C)C)OC(C)C)CC(COC(C)C)OC(C)C.CC(C)N1CC(=O)N(C(C)C)CC(=O)N(C(C)C)CC(=O)N(C(C)C)CC(=O)N(C(C)C)CC1=O. The van der Waals surface area contributed by atoms with Crippen molar-refractivity contribution in [2.45, 2.75) is 388 Å². The van der Waals surface area contributed by atoms with Crippen molar-refractivity contribution in [3.05, 3.63) is 5.82 Å². The highest BCUT2D eigenvalue weighted by molar-refractivity contribution is 5.94. The molecular weight excluding hydrogens is 1670 g/mol. The van der Waals surface area contributed by atoms with Crippen molar-refractivity contribution in [2.24, 2.45) is 59.2 Å². The lowest BCUT2D eigenvalue weighted by atomic mass is 10.1. The maximum absolute atomic E-state index is 13.3. The molecule has 5 amide bonds. The smallest absolute Gasteiger partial charge is 0.242 e. The number of hydrogen-bond donors (Lipinski definition) is 0. The van der Waals surface area contributed by atoms with E-state index in [2.05, 4.69) is 153 Å². The van der Waals surface area contributed by atoms with Crippen molar-refractivity contribution in [3.63, 3.8) is 0 Å². The Hall–Kier alpha value is -6.01. The Kier molecular flexibility index (Phi) is 66.0. The van der Waals surface area contributed by atoms with E-state index in [1.165, 1.54) is 30.9 Å². The van der Waals surface area contributed by atoms with Crippen LogP contribution in [0.3, 0.4) is 0 Å². The Morgan fingerprint density at radius 1 is 0.273 bits per heavy atom. The van der Waals surface area contributed by atoms with E-state index in [0.29, 0.717) is 69.0 Å². The second-order valence-electron chi connectivity index (χ2n) is 43.2. The van der Waals surface area contributed by atoms with Crippen LogP contribution in [0.5, 0.6) is 0 Å². The van der Waals surface area contributed by atoms with Crippen LogP contribution in [0, 0.1) is 59.2 Å². The van der Waals surface area contributed by atoms with Gasteiger partial charge in [-0.25, -0.2) is 0 Å². The molecule has 0 radical (unpaired) electrons. The third kappa shape index (κ3) is 57.9. The van der Waals surface area contributed by atoms with Gasteiger partial charge in [0.05, 0.1) is 82.6 Å². The average Bonchev–Trinajstić information content (AvgIpc) is 1.21. The molecule has 0 bridgehead atoms. The lowest BCUT2D eigenvalue weighted by Gasteiger charge is -2.34. The predicted octanol–water partition coefficient (Wildman–Crippen LogP) is 16.2. The van der Waals surface area contributed by atoms with Gasteiger partial charge in [0, 0.05) is 131 Å². The van der Waals surface area contributed by atoms with Crippen LogP contribution in [0.15, 0.2) is 0 Å². The summed E-state index contributed by atoms with van der Waals surface area (Å²) >= 11 is 0. The molecular formula is C104H200N14O14. The molecule has 1 aliphatic heterocycles. The third-order valence-corrected chi connectivity index (χ3v) is 22.9. The number of nitrogens with zero attached hydrogens (tertiary/aromatic N) is 14. The highest BCUT2D eigenvalue weighted by Crippen LogP contribution is 2.24. The van der Waals surface area contributed by atoms with E-state index in [1.807, 2.05) is 153 Å². The fraction of sp³-hybridized carbons (Fsp3) is 0.875. The molecule has 2 unspecified atom stereocenters. The summed E-state index contributed by atoms with van der Waals surface area (Å²) in [4.78, 5) is 164. The van der Waals surface area contributed by atoms with Gasteiger partial charge < -0.3 is 58.1 Å². The molecule has 28 heteroatoms. The summed E-state index contributed by atoms with van der Waals surface area (Å²) in [7, 11) is 0. The number of rotatable bonds is 59. The average molecular weight is 1870 g/mol. The summed E-state index contributed by atoms with van der Waals surface area (Å²) < 4.78 is 24.0. The summed E-state index contributed by atoms with van der Waals surface area (Å²) in [5.74, 6) is 4.31. The summed E-state index contributed by atoms with van der Waals surface area (Å²) in [6.07, 6.45) is 7.80. The minimum atomic E-state index is -0.355. The minimum absolute atomic E-state index is 0.0759. The van der Waals surface area contributed by atoms with Crippen molar-refractivity contribution in [1.29, 1.82) is 0 Å². The zero-order valence-corrected chi connectivity index (χ0v) is 91.7. The monoisotopic (exact) mass is 1870 g/mol. The normalized spacial score (nSPS) is 14.5. The highest BCUT2D eigenvalue weighted by atomic mass is 16.5. The van der Waals surface area contributed by atoms with Gasteiger partial charge in [0.2, 0.25) is 41.4 Å². The van der Waals surface area contributed by atoms with Crippen molar-refractivity contribution in [3.8, 4) is 0 Å². The Labute approximate surface area is 805 Å². The number of hydrogen-bond acceptors (Lipinski definition) is 23. The number of aromatic nitrogens is 3. The number of anilines is 2. The van der Waals surface area contributed by atoms with E-state index in [4.69, 9.17) is 33.9 Å². The first-order valence-corrected chi connectivity index (χ1v) is 50.9. The molecule has 28 nitrogen and oxygen atoms in total. The minimum Gasteiger partial charge on any atom is -0.376 e.